The summed E-state index contributed by atoms with van der Waals surface area (Å²) in [6.07, 6.45) is 8.42. The highest BCUT2D eigenvalue weighted by Crippen LogP contribution is 2.33. The second kappa shape index (κ2) is 10.8. The minimum Gasteiger partial charge on any atom is -0.457 e. The Bertz CT molecular complexity index is 1130. The molecule has 3 heterocycles. The number of rotatable bonds is 7. The van der Waals surface area contributed by atoms with Crippen LogP contribution in [0.4, 0.5) is 0 Å². The number of carbonyl (C=O) groups is 1. The largest absolute Gasteiger partial charge is 0.457 e. The molecule has 8 heteroatoms. The molecule has 2 atom stereocenters. The molecule has 1 amide bonds. The Morgan fingerprint density at radius 3 is 2.79 bits per heavy atom. The van der Waals surface area contributed by atoms with Crippen LogP contribution in [-0.2, 0) is 11.2 Å². The van der Waals surface area contributed by atoms with Crippen molar-refractivity contribution in [1.82, 2.24) is 15.3 Å². The smallest absolute Gasteiger partial charge is 0.270 e. The number of amides is 1. The minimum absolute atomic E-state index is 0.190. The van der Waals surface area contributed by atoms with Crippen LogP contribution in [0.3, 0.4) is 0 Å². The van der Waals surface area contributed by atoms with Gasteiger partial charge in [0.1, 0.15) is 17.2 Å². The summed E-state index contributed by atoms with van der Waals surface area (Å²) in [6.45, 7) is 2.16. The van der Waals surface area contributed by atoms with Crippen LogP contribution >= 0.6 is 11.3 Å². The highest BCUT2D eigenvalue weighted by molar-refractivity contribution is 7.18. The van der Waals surface area contributed by atoms with Crippen molar-refractivity contribution < 1.29 is 19.4 Å². The quantitative estimate of drug-likeness (QED) is 0.507. The Balaban J connectivity index is 1.22. The van der Waals surface area contributed by atoms with E-state index in [4.69, 9.17) is 14.5 Å². The Kier molecular flexibility index (Phi) is 7.37. The number of nitrogens with one attached hydrogen (secondary N) is 1. The van der Waals surface area contributed by atoms with Gasteiger partial charge in [-0.3, -0.25) is 9.78 Å². The summed E-state index contributed by atoms with van der Waals surface area (Å²) in [5, 5.41) is 14.3. The molecule has 0 spiro atoms. The molecule has 0 unspecified atom stereocenters. The molecule has 3 aromatic rings. The summed E-state index contributed by atoms with van der Waals surface area (Å²) >= 11 is 1.66. The van der Waals surface area contributed by atoms with Crippen molar-refractivity contribution in [2.45, 2.75) is 51.0 Å². The molecule has 1 aliphatic carbocycles. The van der Waals surface area contributed by atoms with Crippen LogP contribution in [-0.4, -0.2) is 46.8 Å². The second-order valence-corrected chi connectivity index (χ2v) is 10.4. The molecule has 5 rings (SSSR count). The number of aliphatic hydroxyl groups excluding tert-OH is 1. The van der Waals surface area contributed by atoms with Crippen LogP contribution in [0.2, 0.25) is 0 Å². The first-order valence-electron chi connectivity index (χ1n) is 12.2. The van der Waals surface area contributed by atoms with Gasteiger partial charge in [0.05, 0.1) is 21.3 Å². The van der Waals surface area contributed by atoms with Gasteiger partial charge in [-0.25, -0.2) is 4.98 Å². The minimum atomic E-state index is -0.213. The van der Waals surface area contributed by atoms with Gasteiger partial charge in [-0.15, -0.1) is 11.3 Å². The van der Waals surface area contributed by atoms with E-state index in [1.807, 2.05) is 18.2 Å². The maximum Gasteiger partial charge on any atom is 0.270 e. The molecule has 0 radical (unpaired) electrons. The van der Waals surface area contributed by atoms with Gasteiger partial charge in [0.2, 0.25) is 0 Å². The molecule has 1 aliphatic heterocycles. The van der Waals surface area contributed by atoms with Gasteiger partial charge in [-0.05, 0) is 55.7 Å². The van der Waals surface area contributed by atoms with Crippen molar-refractivity contribution >= 4 is 27.5 Å². The Labute approximate surface area is 203 Å². The molecule has 34 heavy (non-hydrogen) atoms. The summed E-state index contributed by atoms with van der Waals surface area (Å²) in [7, 11) is 0. The molecular formula is C26H31N3O4S. The number of fused-ring (bicyclic) bond motifs is 1. The topological polar surface area (TPSA) is 93.6 Å². The van der Waals surface area contributed by atoms with Crippen LogP contribution in [0.5, 0.6) is 11.5 Å². The van der Waals surface area contributed by atoms with Crippen LogP contribution < -0.4 is 10.1 Å². The fourth-order valence-corrected chi connectivity index (χ4v) is 5.86. The van der Waals surface area contributed by atoms with Crippen LogP contribution in [0, 0.1) is 11.8 Å². The number of thiazole rings is 1. The molecule has 0 bridgehead atoms. The predicted octanol–water partition coefficient (Wildman–Crippen LogP) is 4.73. The molecule has 2 fully saturated rings. The average molecular weight is 482 g/mol. The van der Waals surface area contributed by atoms with Crippen LogP contribution in [0.25, 0.3) is 10.2 Å². The SMILES string of the molecule is O=C(NCC1CCOCC1)c1cc(Oc2ccc3nc(C[C@@H]4CCCC[C@H]4O)sc3c2)ccn1. The first-order chi connectivity index (χ1) is 16.6. The van der Waals surface area contributed by atoms with E-state index in [1.54, 1.807) is 29.7 Å². The van der Waals surface area contributed by atoms with Crippen molar-refractivity contribution in [2.24, 2.45) is 11.8 Å². The number of pyridine rings is 1. The lowest BCUT2D eigenvalue weighted by Crippen LogP contribution is -2.32. The zero-order valence-electron chi connectivity index (χ0n) is 19.2. The molecular weight excluding hydrogens is 450 g/mol. The standard InChI is InChI=1S/C26H31N3O4S/c30-23-4-2-1-3-18(23)13-25-29-21-6-5-19(15-24(21)34-25)33-20-7-10-27-22(14-20)26(31)28-16-17-8-11-32-12-9-17/h5-7,10,14-15,17-18,23,30H,1-4,8-9,11-13,16H2,(H,28,31)/t18-,23+/m0/s1. The monoisotopic (exact) mass is 481 g/mol. The molecule has 2 aromatic heterocycles. The van der Waals surface area contributed by atoms with Gasteiger partial charge in [-0.1, -0.05) is 12.8 Å². The van der Waals surface area contributed by atoms with Gasteiger partial charge in [0.25, 0.3) is 5.91 Å². The lowest BCUT2D eigenvalue weighted by atomic mass is 9.84. The summed E-state index contributed by atoms with van der Waals surface area (Å²) in [4.78, 5) is 21.6. The number of nitrogens with zero attached hydrogens (tertiary/aromatic N) is 2. The summed E-state index contributed by atoms with van der Waals surface area (Å²) in [6, 6.07) is 9.27. The number of carbonyl (C=O) groups excluding carboxylic acids is 1. The fourth-order valence-electron chi connectivity index (χ4n) is 4.77. The Morgan fingerprint density at radius 1 is 1.12 bits per heavy atom. The second-order valence-electron chi connectivity index (χ2n) is 9.30. The number of aromatic nitrogens is 2. The first kappa shape index (κ1) is 23.2. The Hall–Kier alpha value is -2.55. The number of aliphatic hydroxyl groups is 1. The maximum atomic E-state index is 12.6. The van der Waals surface area contributed by atoms with Crippen molar-refractivity contribution in [3.05, 3.63) is 47.2 Å². The molecule has 2 N–H and O–H groups in total. The van der Waals surface area contributed by atoms with E-state index < -0.39 is 0 Å². The lowest BCUT2D eigenvalue weighted by molar-refractivity contribution is 0.0642. The van der Waals surface area contributed by atoms with Crippen molar-refractivity contribution in [3.8, 4) is 11.5 Å². The third-order valence-corrected chi connectivity index (χ3v) is 7.84. The van der Waals surface area contributed by atoms with Gasteiger partial charge >= 0.3 is 0 Å². The van der Waals surface area contributed by atoms with Crippen molar-refractivity contribution in [2.75, 3.05) is 19.8 Å². The highest BCUT2D eigenvalue weighted by atomic mass is 32.1. The fraction of sp³-hybridized carbons (Fsp3) is 0.500. The van der Waals surface area contributed by atoms with Crippen LogP contribution in [0.15, 0.2) is 36.5 Å². The highest BCUT2D eigenvalue weighted by Gasteiger charge is 2.24. The van der Waals surface area contributed by atoms with Gasteiger partial charge in [0, 0.05) is 44.5 Å². The van der Waals surface area contributed by atoms with E-state index in [0.717, 1.165) is 67.0 Å². The number of benzene rings is 1. The van der Waals surface area contributed by atoms with Gasteiger partial charge in [-0.2, -0.15) is 0 Å². The summed E-state index contributed by atoms with van der Waals surface area (Å²) in [5.41, 5.74) is 1.29. The number of hydrogen-bond donors (Lipinski definition) is 2. The summed E-state index contributed by atoms with van der Waals surface area (Å²) in [5.74, 6) is 1.83. The summed E-state index contributed by atoms with van der Waals surface area (Å²) < 4.78 is 12.5. The predicted molar refractivity (Wildman–Crippen MR) is 131 cm³/mol. The zero-order chi connectivity index (χ0) is 23.3. The lowest BCUT2D eigenvalue weighted by Gasteiger charge is -2.26. The Morgan fingerprint density at radius 2 is 1.94 bits per heavy atom. The van der Waals surface area contributed by atoms with Crippen molar-refractivity contribution in [1.29, 1.82) is 0 Å². The molecule has 180 valence electrons. The van der Waals surface area contributed by atoms with Crippen LogP contribution in [0.1, 0.15) is 54.0 Å². The average Bonchev–Trinajstić information content (AvgIpc) is 3.26. The molecule has 7 nitrogen and oxygen atoms in total. The van der Waals surface area contributed by atoms with E-state index >= 15 is 0 Å². The first-order valence-corrected chi connectivity index (χ1v) is 13.0. The van der Waals surface area contributed by atoms with E-state index in [-0.39, 0.29) is 12.0 Å². The van der Waals surface area contributed by atoms with E-state index in [1.165, 1.54) is 6.42 Å². The normalized spacial score (nSPS) is 21.4. The molecule has 2 aliphatic rings. The molecule has 1 saturated carbocycles. The van der Waals surface area contributed by atoms with E-state index in [9.17, 15) is 9.90 Å². The number of hydrogen-bond acceptors (Lipinski definition) is 7. The zero-order valence-corrected chi connectivity index (χ0v) is 20.1. The molecule has 1 saturated heterocycles. The van der Waals surface area contributed by atoms with Crippen molar-refractivity contribution in [3.63, 3.8) is 0 Å². The van der Waals surface area contributed by atoms with E-state index in [0.29, 0.717) is 35.6 Å². The molecule has 1 aromatic carbocycles. The third kappa shape index (κ3) is 5.74. The third-order valence-electron chi connectivity index (χ3n) is 6.80. The van der Waals surface area contributed by atoms with Gasteiger partial charge in [0.15, 0.2) is 0 Å². The van der Waals surface area contributed by atoms with Gasteiger partial charge < -0.3 is 19.9 Å². The van der Waals surface area contributed by atoms with E-state index in [2.05, 4.69) is 10.3 Å². The maximum absolute atomic E-state index is 12.6. The number of ether oxygens (including phenoxy) is 2.